The maximum atomic E-state index is 12.2. The summed E-state index contributed by atoms with van der Waals surface area (Å²) in [4.78, 5) is 12.2. The molecule has 1 aliphatic rings. The highest BCUT2D eigenvalue weighted by atomic mass is 127. The van der Waals surface area contributed by atoms with Crippen LogP contribution in [0.15, 0.2) is 66.7 Å². The van der Waals surface area contributed by atoms with E-state index in [9.17, 15) is 4.79 Å². The van der Waals surface area contributed by atoms with E-state index < -0.39 is 0 Å². The smallest absolute Gasteiger partial charge is 0.256 e. The number of hydrogen-bond donors (Lipinski definition) is 1. The minimum Gasteiger partial charge on any atom is -0.487 e. The lowest BCUT2D eigenvalue weighted by Gasteiger charge is -2.09. The molecule has 1 amide bonds. The Bertz CT molecular complexity index is 1040. The van der Waals surface area contributed by atoms with E-state index >= 15 is 0 Å². The van der Waals surface area contributed by atoms with Crippen LogP contribution in [0.5, 0.6) is 5.75 Å². The van der Waals surface area contributed by atoms with Crippen LogP contribution >= 0.6 is 34.2 Å². The number of nitrogens with one attached hydrogen (secondary N) is 1. The van der Waals surface area contributed by atoms with Crippen LogP contribution in [0.25, 0.3) is 11.6 Å². The van der Waals surface area contributed by atoms with E-state index in [-0.39, 0.29) is 5.91 Å². The molecule has 3 aromatic carbocycles. The lowest BCUT2D eigenvalue weighted by Crippen LogP contribution is -2.03. The summed E-state index contributed by atoms with van der Waals surface area (Å²) in [6.45, 7) is 0.451. The van der Waals surface area contributed by atoms with Crippen molar-refractivity contribution in [3.8, 4) is 5.75 Å². The molecular formula is C22H15ClINO2. The number of anilines is 1. The summed E-state index contributed by atoms with van der Waals surface area (Å²) in [6, 6.07) is 21.3. The largest absolute Gasteiger partial charge is 0.487 e. The van der Waals surface area contributed by atoms with E-state index in [4.69, 9.17) is 16.3 Å². The van der Waals surface area contributed by atoms with Gasteiger partial charge in [0.2, 0.25) is 0 Å². The first-order valence-electron chi connectivity index (χ1n) is 8.39. The Morgan fingerprint density at radius 3 is 2.59 bits per heavy atom. The first kappa shape index (κ1) is 18.1. The van der Waals surface area contributed by atoms with Gasteiger partial charge in [-0.1, -0.05) is 48.0 Å². The summed E-state index contributed by atoms with van der Waals surface area (Å²) >= 11 is 8.66. The average molecular weight is 488 g/mol. The number of fused-ring (bicyclic) bond motifs is 1. The van der Waals surface area contributed by atoms with Crippen molar-refractivity contribution in [1.29, 1.82) is 0 Å². The number of ether oxygens (including phenoxy) is 1. The van der Waals surface area contributed by atoms with Crippen LogP contribution in [0.1, 0.15) is 16.7 Å². The molecule has 1 aliphatic heterocycles. The van der Waals surface area contributed by atoms with Crippen LogP contribution < -0.4 is 10.1 Å². The van der Waals surface area contributed by atoms with Crippen molar-refractivity contribution in [3.05, 3.63) is 92.0 Å². The van der Waals surface area contributed by atoms with Gasteiger partial charge >= 0.3 is 0 Å². The topological polar surface area (TPSA) is 38.3 Å². The zero-order valence-electron chi connectivity index (χ0n) is 14.2. The van der Waals surface area contributed by atoms with Gasteiger partial charge in [0, 0.05) is 20.4 Å². The SMILES string of the molecule is O=C1Nc2ccccc2/C1=C/c1ccc(OCc2ccc(I)cc2)c(Cl)c1. The number of carbonyl (C=O) groups is 1. The maximum absolute atomic E-state index is 12.2. The highest BCUT2D eigenvalue weighted by Crippen LogP contribution is 2.34. The Labute approximate surface area is 176 Å². The van der Waals surface area contributed by atoms with Gasteiger partial charge in [-0.15, -0.1) is 0 Å². The third-order valence-electron chi connectivity index (χ3n) is 4.28. The Kier molecular flexibility index (Phi) is 5.18. The van der Waals surface area contributed by atoms with Crippen LogP contribution in [-0.2, 0) is 11.4 Å². The Morgan fingerprint density at radius 1 is 1.04 bits per heavy atom. The van der Waals surface area contributed by atoms with Crippen molar-refractivity contribution in [2.24, 2.45) is 0 Å². The van der Waals surface area contributed by atoms with E-state index in [1.807, 2.05) is 72.8 Å². The molecule has 0 bridgehead atoms. The van der Waals surface area contributed by atoms with E-state index in [1.165, 1.54) is 3.57 Å². The summed E-state index contributed by atoms with van der Waals surface area (Å²) in [5.41, 5.74) is 4.30. The Hall–Kier alpha value is -2.31. The molecule has 4 rings (SSSR count). The summed E-state index contributed by atoms with van der Waals surface area (Å²) in [5, 5.41) is 3.39. The molecule has 27 heavy (non-hydrogen) atoms. The molecule has 0 unspecified atom stereocenters. The monoisotopic (exact) mass is 487 g/mol. The predicted octanol–water partition coefficient (Wildman–Crippen LogP) is 6.02. The molecule has 1 N–H and O–H groups in total. The van der Waals surface area contributed by atoms with Crippen LogP contribution in [0, 0.1) is 3.57 Å². The van der Waals surface area contributed by atoms with E-state index in [0.717, 1.165) is 22.4 Å². The molecule has 0 saturated heterocycles. The number of carbonyl (C=O) groups excluding carboxylic acids is 1. The van der Waals surface area contributed by atoms with Crippen molar-refractivity contribution in [2.75, 3.05) is 5.32 Å². The summed E-state index contributed by atoms with van der Waals surface area (Å²) in [6.07, 6.45) is 1.84. The van der Waals surface area contributed by atoms with E-state index in [1.54, 1.807) is 0 Å². The van der Waals surface area contributed by atoms with Gasteiger partial charge in [-0.05, 0) is 70.1 Å². The van der Waals surface area contributed by atoms with Crippen molar-refractivity contribution < 1.29 is 9.53 Å². The van der Waals surface area contributed by atoms with Gasteiger partial charge in [0.1, 0.15) is 12.4 Å². The predicted molar refractivity (Wildman–Crippen MR) is 118 cm³/mol. The zero-order chi connectivity index (χ0) is 18.8. The lowest BCUT2D eigenvalue weighted by molar-refractivity contribution is -0.110. The molecule has 0 saturated carbocycles. The van der Waals surface area contributed by atoms with E-state index in [0.29, 0.717) is 23.0 Å². The fourth-order valence-electron chi connectivity index (χ4n) is 2.91. The number of para-hydroxylation sites is 1. The molecule has 0 aliphatic carbocycles. The quantitative estimate of drug-likeness (QED) is 0.361. The molecule has 0 aromatic heterocycles. The highest BCUT2D eigenvalue weighted by Gasteiger charge is 2.23. The van der Waals surface area contributed by atoms with Crippen LogP contribution in [0.3, 0.4) is 0 Å². The zero-order valence-corrected chi connectivity index (χ0v) is 17.1. The number of hydrogen-bond acceptors (Lipinski definition) is 2. The van der Waals surface area contributed by atoms with Gasteiger partial charge in [0.25, 0.3) is 5.91 Å². The molecule has 3 nitrogen and oxygen atoms in total. The Morgan fingerprint density at radius 2 is 1.81 bits per heavy atom. The van der Waals surface area contributed by atoms with E-state index in [2.05, 4.69) is 27.9 Å². The molecule has 0 atom stereocenters. The van der Waals surface area contributed by atoms with Crippen molar-refractivity contribution in [2.45, 2.75) is 6.61 Å². The van der Waals surface area contributed by atoms with Gasteiger partial charge in [-0.3, -0.25) is 4.79 Å². The molecule has 0 radical (unpaired) electrons. The summed E-state index contributed by atoms with van der Waals surface area (Å²) in [7, 11) is 0. The molecule has 5 heteroatoms. The third kappa shape index (κ3) is 4.01. The minimum atomic E-state index is -0.105. The maximum Gasteiger partial charge on any atom is 0.256 e. The normalized spacial score (nSPS) is 14.1. The number of benzene rings is 3. The van der Waals surface area contributed by atoms with Crippen molar-refractivity contribution >= 4 is 57.4 Å². The Balaban J connectivity index is 1.53. The standard InChI is InChI=1S/C22H15ClINO2/c23-19-12-15(11-18-17-3-1-2-4-20(17)25-22(18)26)7-10-21(19)27-13-14-5-8-16(24)9-6-14/h1-12H,13H2,(H,25,26)/b18-11-. The summed E-state index contributed by atoms with van der Waals surface area (Å²) in [5.74, 6) is 0.514. The molecule has 0 fully saturated rings. The molecular weight excluding hydrogens is 473 g/mol. The fourth-order valence-corrected chi connectivity index (χ4v) is 3.52. The number of rotatable bonds is 4. The molecule has 0 spiro atoms. The fraction of sp³-hybridized carbons (Fsp3) is 0.0455. The molecule has 1 heterocycles. The van der Waals surface area contributed by atoms with Crippen molar-refractivity contribution in [1.82, 2.24) is 0 Å². The molecule has 3 aromatic rings. The second-order valence-corrected chi connectivity index (χ2v) is 7.82. The average Bonchev–Trinajstić information content (AvgIpc) is 2.98. The number of halogens is 2. The lowest BCUT2D eigenvalue weighted by atomic mass is 10.0. The third-order valence-corrected chi connectivity index (χ3v) is 5.30. The second kappa shape index (κ2) is 7.74. The van der Waals surface area contributed by atoms with Crippen LogP contribution in [0.2, 0.25) is 5.02 Å². The van der Waals surface area contributed by atoms with Gasteiger partial charge in [0.05, 0.1) is 5.02 Å². The first-order chi connectivity index (χ1) is 13.1. The first-order valence-corrected chi connectivity index (χ1v) is 9.85. The summed E-state index contributed by atoms with van der Waals surface area (Å²) < 4.78 is 7.02. The van der Waals surface area contributed by atoms with Gasteiger partial charge in [-0.2, -0.15) is 0 Å². The van der Waals surface area contributed by atoms with Crippen LogP contribution in [0.4, 0.5) is 5.69 Å². The van der Waals surface area contributed by atoms with Crippen molar-refractivity contribution in [3.63, 3.8) is 0 Å². The highest BCUT2D eigenvalue weighted by molar-refractivity contribution is 14.1. The van der Waals surface area contributed by atoms with Gasteiger partial charge < -0.3 is 10.1 Å². The van der Waals surface area contributed by atoms with Crippen LogP contribution in [-0.4, -0.2) is 5.91 Å². The second-order valence-electron chi connectivity index (χ2n) is 6.16. The van der Waals surface area contributed by atoms with Gasteiger partial charge in [-0.25, -0.2) is 0 Å². The number of amides is 1. The molecule has 134 valence electrons. The minimum absolute atomic E-state index is 0.105. The van der Waals surface area contributed by atoms with Gasteiger partial charge in [0.15, 0.2) is 0 Å².